The number of ether oxygens (including phenoxy) is 2. The molecule has 1 aromatic rings. The number of methoxy groups -OCH3 is 2. The Hall–Kier alpha value is -2.77. The molecule has 3 amide bonds. The lowest BCUT2D eigenvalue weighted by atomic mass is 9.82. The molecular formula is C17H21N3O5. The van der Waals surface area contributed by atoms with Crippen LogP contribution in [0.25, 0.3) is 0 Å². The van der Waals surface area contributed by atoms with Gasteiger partial charge in [-0.15, -0.1) is 5.01 Å². The van der Waals surface area contributed by atoms with Crippen molar-refractivity contribution in [3.8, 4) is 17.2 Å². The highest BCUT2D eigenvalue weighted by atomic mass is 16.5. The number of hydrazone groups is 1. The third-order valence-corrected chi connectivity index (χ3v) is 4.67. The van der Waals surface area contributed by atoms with E-state index in [4.69, 9.17) is 9.47 Å². The minimum Gasteiger partial charge on any atom is -0.502 e. The van der Waals surface area contributed by atoms with Crippen molar-refractivity contribution in [2.75, 3.05) is 14.2 Å². The van der Waals surface area contributed by atoms with E-state index in [-0.39, 0.29) is 23.2 Å². The van der Waals surface area contributed by atoms with Crippen molar-refractivity contribution in [3.05, 3.63) is 17.7 Å². The van der Waals surface area contributed by atoms with Crippen LogP contribution in [0.4, 0.5) is 4.79 Å². The molecule has 1 saturated heterocycles. The van der Waals surface area contributed by atoms with Gasteiger partial charge in [0.15, 0.2) is 11.5 Å². The Morgan fingerprint density at radius 3 is 2.32 bits per heavy atom. The van der Waals surface area contributed by atoms with Gasteiger partial charge in [0, 0.05) is 5.56 Å². The Labute approximate surface area is 145 Å². The van der Waals surface area contributed by atoms with Crippen molar-refractivity contribution in [1.82, 2.24) is 10.3 Å². The van der Waals surface area contributed by atoms with Crippen molar-refractivity contribution < 1.29 is 24.2 Å². The van der Waals surface area contributed by atoms with E-state index in [9.17, 15) is 14.7 Å². The average Bonchev–Trinajstić information content (AvgIpc) is 2.84. The fraction of sp³-hybridized carbons (Fsp3) is 0.471. The molecule has 2 N–H and O–H groups in total. The Kier molecular flexibility index (Phi) is 4.52. The number of rotatable bonds is 4. The Balaban J connectivity index is 1.84. The molecule has 1 aliphatic carbocycles. The lowest BCUT2D eigenvalue weighted by molar-refractivity contribution is -0.132. The summed E-state index contributed by atoms with van der Waals surface area (Å²) in [4.78, 5) is 24.8. The second-order valence-corrected chi connectivity index (χ2v) is 6.21. The molecule has 1 aliphatic heterocycles. The second kappa shape index (κ2) is 6.62. The number of aromatic hydroxyl groups is 1. The number of nitrogens with zero attached hydrogens (tertiary/aromatic N) is 2. The van der Waals surface area contributed by atoms with Gasteiger partial charge in [-0.2, -0.15) is 5.10 Å². The molecule has 2 fully saturated rings. The fourth-order valence-electron chi connectivity index (χ4n) is 3.32. The molecular weight excluding hydrogens is 326 g/mol. The molecule has 8 nitrogen and oxygen atoms in total. The van der Waals surface area contributed by atoms with E-state index >= 15 is 0 Å². The number of carbonyl (C=O) groups is 2. The first kappa shape index (κ1) is 17.1. The summed E-state index contributed by atoms with van der Waals surface area (Å²) in [5, 5.41) is 17.6. The van der Waals surface area contributed by atoms with Crippen LogP contribution in [0.3, 0.4) is 0 Å². The highest BCUT2D eigenvalue weighted by molar-refractivity contribution is 6.07. The molecule has 0 bridgehead atoms. The number of urea groups is 1. The van der Waals surface area contributed by atoms with Gasteiger partial charge in [-0.05, 0) is 25.0 Å². The van der Waals surface area contributed by atoms with Crippen molar-refractivity contribution >= 4 is 18.2 Å². The van der Waals surface area contributed by atoms with Crippen LogP contribution in [0.15, 0.2) is 17.2 Å². The first-order chi connectivity index (χ1) is 12.0. The van der Waals surface area contributed by atoms with Crippen LogP contribution in [0.2, 0.25) is 0 Å². The smallest absolute Gasteiger partial charge is 0.346 e. The highest BCUT2D eigenvalue weighted by Crippen LogP contribution is 2.37. The van der Waals surface area contributed by atoms with E-state index in [1.807, 2.05) is 0 Å². The molecule has 25 heavy (non-hydrogen) atoms. The number of nitrogens with one attached hydrogen (secondary N) is 1. The van der Waals surface area contributed by atoms with Gasteiger partial charge in [0.25, 0.3) is 5.91 Å². The summed E-state index contributed by atoms with van der Waals surface area (Å²) in [6.45, 7) is 0. The fourth-order valence-corrected chi connectivity index (χ4v) is 3.32. The molecule has 0 unspecified atom stereocenters. The van der Waals surface area contributed by atoms with Crippen LogP contribution < -0.4 is 14.8 Å². The lowest BCUT2D eigenvalue weighted by Crippen LogP contribution is -2.48. The van der Waals surface area contributed by atoms with Crippen LogP contribution in [-0.2, 0) is 4.79 Å². The maximum atomic E-state index is 12.7. The van der Waals surface area contributed by atoms with Crippen molar-refractivity contribution in [2.24, 2.45) is 5.10 Å². The van der Waals surface area contributed by atoms with E-state index in [0.717, 1.165) is 24.3 Å². The SMILES string of the molecule is COc1cc(C=NN2C(=O)NC3(CCCCC3)C2=O)cc(OC)c1O. The summed E-state index contributed by atoms with van der Waals surface area (Å²) >= 11 is 0. The molecule has 1 aromatic carbocycles. The number of benzene rings is 1. The first-order valence-corrected chi connectivity index (χ1v) is 8.16. The third-order valence-electron chi connectivity index (χ3n) is 4.67. The minimum atomic E-state index is -0.809. The van der Waals surface area contributed by atoms with Crippen LogP contribution in [0, 0.1) is 0 Å². The summed E-state index contributed by atoms with van der Waals surface area (Å²) in [5.74, 6) is -0.0204. The van der Waals surface area contributed by atoms with Crippen LogP contribution in [0.1, 0.15) is 37.7 Å². The molecule has 2 aliphatic rings. The molecule has 1 saturated carbocycles. The molecule has 1 heterocycles. The molecule has 1 spiro atoms. The predicted octanol–water partition coefficient (Wildman–Crippen LogP) is 2.00. The number of hydrogen-bond acceptors (Lipinski definition) is 6. The molecule has 3 rings (SSSR count). The zero-order valence-electron chi connectivity index (χ0n) is 14.2. The number of hydrogen-bond donors (Lipinski definition) is 2. The second-order valence-electron chi connectivity index (χ2n) is 6.21. The van der Waals surface area contributed by atoms with Crippen molar-refractivity contribution in [2.45, 2.75) is 37.6 Å². The number of imide groups is 1. The summed E-state index contributed by atoms with van der Waals surface area (Å²) in [7, 11) is 2.83. The summed E-state index contributed by atoms with van der Waals surface area (Å²) in [6, 6.07) is 2.56. The monoisotopic (exact) mass is 347 g/mol. The normalized spacial score (nSPS) is 19.5. The highest BCUT2D eigenvalue weighted by Gasteiger charge is 2.51. The molecule has 134 valence electrons. The van der Waals surface area contributed by atoms with Crippen molar-refractivity contribution in [1.29, 1.82) is 0 Å². The van der Waals surface area contributed by atoms with E-state index < -0.39 is 11.6 Å². The molecule has 0 aromatic heterocycles. The minimum absolute atomic E-state index is 0.127. The molecule has 0 radical (unpaired) electrons. The summed E-state index contributed by atoms with van der Waals surface area (Å²) in [5.41, 5.74) is -0.284. The van der Waals surface area contributed by atoms with Gasteiger partial charge < -0.3 is 19.9 Å². The summed E-state index contributed by atoms with van der Waals surface area (Å²) < 4.78 is 10.2. The maximum absolute atomic E-state index is 12.7. The Morgan fingerprint density at radius 1 is 1.16 bits per heavy atom. The Bertz CT molecular complexity index is 700. The third kappa shape index (κ3) is 2.99. The number of phenols is 1. The zero-order valence-corrected chi connectivity index (χ0v) is 14.2. The maximum Gasteiger partial charge on any atom is 0.346 e. The van der Waals surface area contributed by atoms with E-state index in [1.165, 1.54) is 32.6 Å². The quantitative estimate of drug-likeness (QED) is 0.641. The average molecular weight is 347 g/mol. The lowest BCUT2D eigenvalue weighted by Gasteiger charge is -2.29. The van der Waals surface area contributed by atoms with Crippen molar-refractivity contribution in [3.63, 3.8) is 0 Å². The van der Waals surface area contributed by atoms with Crippen LogP contribution in [0.5, 0.6) is 17.2 Å². The van der Waals surface area contributed by atoms with Crippen LogP contribution in [-0.4, -0.2) is 48.0 Å². The summed E-state index contributed by atoms with van der Waals surface area (Å²) in [6.07, 6.45) is 5.55. The topological polar surface area (TPSA) is 100 Å². The Morgan fingerprint density at radius 2 is 1.76 bits per heavy atom. The van der Waals surface area contributed by atoms with Gasteiger partial charge in [-0.3, -0.25) is 4.79 Å². The first-order valence-electron chi connectivity index (χ1n) is 8.16. The number of carbonyl (C=O) groups excluding carboxylic acids is 2. The van der Waals surface area contributed by atoms with Gasteiger partial charge in [0.1, 0.15) is 5.54 Å². The van der Waals surface area contributed by atoms with Crippen LogP contribution >= 0.6 is 0 Å². The van der Waals surface area contributed by atoms with Gasteiger partial charge in [0.05, 0.1) is 20.4 Å². The van der Waals surface area contributed by atoms with Gasteiger partial charge in [-0.25, -0.2) is 4.79 Å². The van der Waals surface area contributed by atoms with Gasteiger partial charge in [0.2, 0.25) is 5.75 Å². The number of phenolic OH excluding ortho intramolecular Hbond substituents is 1. The molecule has 0 atom stereocenters. The standard InChI is InChI=1S/C17H21N3O5/c1-24-12-8-11(9-13(25-2)14(12)21)10-18-20-15(22)17(19-16(20)23)6-4-3-5-7-17/h8-10,21H,3-7H2,1-2H3,(H,19,23). The van der Waals surface area contributed by atoms with E-state index in [1.54, 1.807) is 0 Å². The van der Waals surface area contributed by atoms with Gasteiger partial charge in [-0.1, -0.05) is 19.3 Å². The van der Waals surface area contributed by atoms with E-state index in [0.29, 0.717) is 18.4 Å². The predicted molar refractivity (Wildman–Crippen MR) is 90.0 cm³/mol. The largest absolute Gasteiger partial charge is 0.502 e. The molecule has 8 heteroatoms. The van der Waals surface area contributed by atoms with E-state index in [2.05, 4.69) is 10.4 Å². The number of amides is 3. The van der Waals surface area contributed by atoms with Gasteiger partial charge >= 0.3 is 6.03 Å². The zero-order chi connectivity index (χ0) is 18.0.